The molecule has 0 radical (unpaired) electrons. The van der Waals surface area contributed by atoms with Gasteiger partial charge >= 0.3 is 0 Å². The summed E-state index contributed by atoms with van der Waals surface area (Å²) in [5, 5.41) is 0. The van der Waals surface area contributed by atoms with E-state index in [1.807, 2.05) is 68.1 Å². The van der Waals surface area contributed by atoms with Crippen LogP contribution in [0.3, 0.4) is 0 Å². The molecule has 0 aliphatic carbocycles. The second kappa shape index (κ2) is 6.95. The molecule has 1 heterocycles. The van der Waals surface area contributed by atoms with E-state index < -0.39 is 0 Å². The zero-order chi connectivity index (χ0) is 17.1. The molecule has 1 atom stereocenters. The molecular formula is C20H23NO3. The third-order valence-electron chi connectivity index (χ3n) is 4.27. The van der Waals surface area contributed by atoms with E-state index >= 15 is 0 Å². The first-order chi connectivity index (χ1) is 11.6. The summed E-state index contributed by atoms with van der Waals surface area (Å²) in [6.07, 6.45) is -0.158. The second-order valence-electron chi connectivity index (χ2n) is 6.16. The Labute approximate surface area is 143 Å². The zero-order valence-corrected chi connectivity index (χ0v) is 14.4. The second-order valence-corrected chi connectivity index (χ2v) is 6.16. The van der Waals surface area contributed by atoms with E-state index in [-0.39, 0.29) is 12.0 Å². The molecule has 126 valence electrons. The van der Waals surface area contributed by atoms with Crippen LogP contribution in [-0.2, 0) is 0 Å². The number of nitrogens with zero attached hydrogens (tertiary/aromatic N) is 1. The van der Waals surface area contributed by atoms with Crippen LogP contribution < -0.4 is 9.47 Å². The first-order valence-electron chi connectivity index (χ1n) is 8.33. The molecule has 2 aromatic carbocycles. The molecule has 0 bridgehead atoms. The van der Waals surface area contributed by atoms with E-state index in [1.165, 1.54) is 0 Å². The standard InChI is InChI=1S/C20H23NO3/c1-4-21(20(22)17-10-9-14(2)11-15(17)3)12-16-13-23-18-7-5-6-8-19(18)24-16/h5-11,16H,4,12-13H2,1-3H3. The van der Waals surface area contributed by atoms with Gasteiger partial charge in [-0.1, -0.05) is 29.8 Å². The first kappa shape index (κ1) is 16.4. The van der Waals surface area contributed by atoms with Crippen LogP contribution in [0.25, 0.3) is 0 Å². The van der Waals surface area contributed by atoms with Gasteiger partial charge in [-0.3, -0.25) is 4.79 Å². The summed E-state index contributed by atoms with van der Waals surface area (Å²) in [6.45, 7) is 7.59. The third kappa shape index (κ3) is 3.37. The number of rotatable bonds is 4. The number of carbonyl (C=O) groups excluding carboxylic acids is 1. The summed E-state index contributed by atoms with van der Waals surface area (Å²) < 4.78 is 11.7. The van der Waals surface area contributed by atoms with Crippen molar-refractivity contribution in [3.63, 3.8) is 0 Å². The number of ether oxygens (including phenoxy) is 2. The number of amides is 1. The van der Waals surface area contributed by atoms with E-state index in [0.717, 1.165) is 28.2 Å². The average Bonchev–Trinajstić information content (AvgIpc) is 2.59. The van der Waals surface area contributed by atoms with Crippen LogP contribution >= 0.6 is 0 Å². The van der Waals surface area contributed by atoms with Gasteiger partial charge < -0.3 is 14.4 Å². The molecule has 0 saturated heterocycles. The minimum absolute atomic E-state index is 0.0393. The summed E-state index contributed by atoms with van der Waals surface area (Å²) in [7, 11) is 0. The highest BCUT2D eigenvalue weighted by Crippen LogP contribution is 2.31. The maximum absolute atomic E-state index is 12.9. The summed E-state index contributed by atoms with van der Waals surface area (Å²) in [5.74, 6) is 1.54. The summed E-state index contributed by atoms with van der Waals surface area (Å²) >= 11 is 0. The van der Waals surface area contributed by atoms with Crippen molar-refractivity contribution in [2.45, 2.75) is 26.9 Å². The minimum atomic E-state index is -0.158. The monoisotopic (exact) mass is 325 g/mol. The minimum Gasteiger partial charge on any atom is -0.486 e. The highest BCUT2D eigenvalue weighted by atomic mass is 16.6. The molecule has 0 spiro atoms. The smallest absolute Gasteiger partial charge is 0.254 e. The Balaban J connectivity index is 1.72. The van der Waals surface area contributed by atoms with Crippen molar-refractivity contribution in [2.24, 2.45) is 0 Å². The molecule has 0 N–H and O–H groups in total. The topological polar surface area (TPSA) is 38.8 Å². The number of aryl methyl sites for hydroxylation is 2. The molecule has 1 aliphatic rings. The maximum atomic E-state index is 12.9. The van der Waals surface area contributed by atoms with Crippen LogP contribution in [0.15, 0.2) is 42.5 Å². The van der Waals surface area contributed by atoms with Crippen molar-refractivity contribution < 1.29 is 14.3 Å². The molecular weight excluding hydrogens is 302 g/mol. The molecule has 0 aromatic heterocycles. The number of likely N-dealkylation sites (N-methyl/N-ethyl adjacent to an activating group) is 1. The number of fused-ring (bicyclic) bond motifs is 1. The van der Waals surface area contributed by atoms with E-state index in [0.29, 0.717) is 19.7 Å². The molecule has 1 aliphatic heterocycles. The molecule has 24 heavy (non-hydrogen) atoms. The Bertz CT molecular complexity index is 741. The largest absolute Gasteiger partial charge is 0.486 e. The Kier molecular flexibility index (Phi) is 4.74. The summed E-state index contributed by atoms with van der Waals surface area (Å²) in [5.41, 5.74) is 2.91. The lowest BCUT2D eigenvalue weighted by Crippen LogP contribution is -2.43. The molecule has 1 amide bonds. The van der Waals surface area contributed by atoms with Crippen molar-refractivity contribution >= 4 is 5.91 Å². The fourth-order valence-electron chi connectivity index (χ4n) is 2.98. The van der Waals surface area contributed by atoms with E-state index in [2.05, 4.69) is 0 Å². The van der Waals surface area contributed by atoms with Crippen LogP contribution in [0.4, 0.5) is 0 Å². The predicted molar refractivity (Wildman–Crippen MR) is 93.8 cm³/mol. The molecule has 4 nitrogen and oxygen atoms in total. The van der Waals surface area contributed by atoms with Gasteiger partial charge in [0.15, 0.2) is 17.6 Å². The molecule has 0 saturated carbocycles. The molecule has 2 aromatic rings. The molecule has 3 rings (SSSR count). The third-order valence-corrected chi connectivity index (χ3v) is 4.27. The van der Waals surface area contributed by atoms with Gasteiger partial charge in [0.2, 0.25) is 0 Å². The van der Waals surface area contributed by atoms with Crippen molar-refractivity contribution in [3.05, 3.63) is 59.2 Å². The predicted octanol–water partition coefficient (Wildman–Crippen LogP) is 3.61. The fraction of sp³-hybridized carbons (Fsp3) is 0.350. The Morgan fingerprint density at radius 3 is 2.62 bits per heavy atom. The normalized spacial score (nSPS) is 15.9. The van der Waals surface area contributed by atoms with Crippen LogP contribution in [0.1, 0.15) is 28.4 Å². The molecule has 4 heteroatoms. The zero-order valence-electron chi connectivity index (χ0n) is 14.4. The van der Waals surface area contributed by atoms with Gasteiger partial charge in [-0.2, -0.15) is 0 Å². The van der Waals surface area contributed by atoms with Gasteiger partial charge in [0.05, 0.1) is 6.54 Å². The highest BCUT2D eigenvalue weighted by Gasteiger charge is 2.25. The maximum Gasteiger partial charge on any atom is 0.254 e. The van der Waals surface area contributed by atoms with Gasteiger partial charge in [0.25, 0.3) is 5.91 Å². The van der Waals surface area contributed by atoms with E-state index in [1.54, 1.807) is 0 Å². The van der Waals surface area contributed by atoms with Crippen molar-refractivity contribution in [2.75, 3.05) is 19.7 Å². The SMILES string of the molecule is CCN(CC1COc2ccccc2O1)C(=O)c1ccc(C)cc1C. The number of para-hydroxylation sites is 2. The highest BCUT2D eigenvalue weighted by molar-refractivity contribution is 5.95. The molecule has 1 unspecified atom stereocenters. The van der Waals surface area contributed by atoms with Gasteiger partial charge in [0.1, 0.15) is 6.61 Å². The Morgan fingerprint density at radius 2 is 1.92 bits per heavy atom. The van der Waals surface area contributed by atoms with E-state index in [4.69, 9.17) is 9.47 Å². The lowest BCUT2D eigenvalue weighted by atomic mass is 10.0. The number of carbonyl (C=O) groups is 1. The van der Waals surface area contributed by atoms with Crippen LogP contribution in [0, 0.1) is 13.8 Å². The first-order valence-corrected chi connectivity index (χ1v) is 8.33. The number of benzene rings is 2. The van der Waals surface area contributed by atoms with Crippen LogP contribution in [-0.4, -0.2) is 36.6 Å². The van der Waals surface area contributed by atoms with Crippen molar-refractivity contribution in [1.29, 1.82) is 0 Å². The number of hydrogen-bond acceptors (Lipinski definition) is 3. The quantitative estimate of drug-likeness (QED) is 0.862. The van der Waals surface area contributed by atoms with Gasteiger partial charge in [-0.25, -0.2) is 0 Å². The summed E-state index contributed by atoms with van der Waals surface area (Å²) in [4.78, 5) is 14.7. The van der Waals surface area contributed by atoms with Gasteiger partial charge in [-0.05, 0) is 44.5 Å². The van der Waals surface area contributed by atoms with Gasteiger partial charge in [-0.15, -0.1) is 0 Å². The Hall–Kier alpha value is -2.49. The van der Waals surface area contributed by atoms with Gasteiger partial charge in [0, 0.05) is 12.1 Å². The van der Waals surface area contributed by atoms with Crippen LogP contribution in [0.2, 0.25) is 0 Å². The fourth-order valence-corrected chi connectivity index (χ4v) is 2.98. The van der Waals surface area contributed by atoms with E-state index in [9.17, 15) is 4.79 Å². The van der Waals surface area contributed by atoms with Crippen LogP contribution in [0.5, 0.6) is 11.5 Å². The average molecular weight is 325 g/mol. The summed E-state index contributed by atoms with van der Waals surface area (Å²) in [6, 6.07) is 13.5. The lowest BCUT2D eigenvalue weighted by molar-refractivity contribution is 0.0474. The number of hydrogen-bond donors (Lipinski definition) is 0. The molecule has 0 fully saturated rings. The Morgan fingerprint density at radius 1 is 1.17 bits per heavy atom. The lowest BCUT2D eigenvalue weighted by Gasteiger charge is -2.31. The van der Waals surface area contributed by atoms with Crippen molar-refractivity contribution in [1.82, 2.24) is 4.90 Å². The van der Waals surface area contributed by atoms with Crippen molar-refractivity contribution in [3.8, 4) is 11.5 Å².